The lowest BCUT2D eigenvalue weighted by molar-refractivity contribution is -0.174. The fourth-order valence-corrected chi connectivity index (χ4v) is 3.54. The van der Waals surface area contributed by atoms with E-state index in [-0.39, 0.29) is 0 Å². The topological polar surface area (TPSA) is 55.1 Å². The molecule has 3 nitrogen and oxygen atoms in total. The van der Waals surface area contributed by atoms with Crippen LogP contribution < -0.4 is 11.1 Å². The van der Waals surface area contributed by atoms with Crippen molar-refractivity contribution in [2.45, 2.75) is 43.9 Å². The zero-order valence-corrected chi connectivity index (χ0v) is 14.2. The maximum absolute atomic E-state index is 12.1. The summed E-state index contributed by atoms with van der Waals surface area (Å²) in [6, 6.07) is 15.5. The summed E-state index contributed by atoms with van der Waals surface area (Å²) in [6.45, 7) is 0. The number of amides is 1. The Morgan fingerprint density at radius 1 is 0.923 bits per heavy atom. The molecule has 26 heavy (non-hydrogen) atoms. The lowest BCUT2D eigenvalue weighted by Gasteiger charge is -2.15. The summed E-state index contributed by atoms with van der Waals surface area (Å²) in [6.07, 6.45) is -1.28. The van der Waals surface area contributed by atoms with Crippen molar-refractivity contribution in [1.29, 1.82) is 0 Å². The molecule has 0 aliphatic heterocycles. The number of hydrogen-bond acceptors (Lipinski definition) is 2. The summed E-state index contributed by atoms with van der Waals surface area (Å²) in [4.78, 5) is 10.8. The summed E-state index contributed by atoms with van der Waals surface area (Å²) >= 11 is 0. The fraction of sp³-hybridized carbons (Fsp3) is 0.350. The van der Waals surface area contributed by atoms with Crippen LogP contribution in [0.2, 0.25) is 0 Å². The zero-order valence-electron chi connectivity index (χ0n) is 14.2. The van der Waals surface area contributed by atoms with Gasteiger partial charge in [0.2, 0.25) is 0 Å². The van der Waals surface area contributed by atoms with Crippen LogP contribution >= 0.6 is 0 Å². The minimum absolute atomic E-state index is 0.302. The smallest absolute Gasteiger partial charge is 0.341 e. The van der Waals surface area contributed by atoms with E-state index in [0.29, 0.717) is 18.9 Å². The van der Waals surface area contributed by atoms with E-state index >= 15 is 0 Å². The lowest BCUT2D eigenvalue weighted by Crippen LogP contribution is -2.38. The van der Waals surface area contributed by atoms with Gasteiger partial charge in [-0.3, -0.25) is 4.79 Å². The highest BCUT2D eigenvalue weighted by Crippen LogP contribution is 2.31. The number of aryl methyl sites for hydroxylation is 2. The van der Waals surface area contributed by atoms with Gasteiger partial charge in [-0.1, -0.05) is 48.5 Å². The van der Waals surface area contributed by atoms with Crippen molar-refractivity contribution >= 4 is 5.91 Å². The van der Waals surface area contributed by atoms with Crippen LogP contribution in [0.1, 0.15) is 47.2 Å². The van der Waals surface area contributed by atoms with Crippen LogP contribution in [0.25, 0.3) is 0 Å². The van der Waals surface area contributed by atoms with Gasteiger partial charge in [0.25, 0.3) is 0 Å². The molecule has 1 amide bonds. The van der Waals surface area contributed by atoms with E-state index < -0.39 is 18.1 Å². The molecular weight excluding hydrogens is 341 g/mol. The van der Waals surface area contributed by atoms with Crippen molar-refractivity contribution in [2.75, 3.05) is 0 Å². The molecule has 4 rings (SSSR count). The number of hydrogen-bond donors (Lipinski definition) is 2. The van der Waals surface area contributed by atoms with Gasteiger partial charge in [-0.15, -0.1) is 0 Å². The van der Waals surface area contributed by atoms with Crippen molar-refractivity contribution in [2.24, 2.45) is 5.73 Å². The molecule has 0 aromatic heterocycles. The van der Waals surface area contributed by atoms with E-state index in [1.807, 2.05) is 17.4 Å². The molecule has 0 unspecified atom stereocenters. The molecule has 3 N–H and O–H groups in total. The molecule has 0 bridgehead atoms. The lowest BCUT2D eigenvalue weighted by atomic mass is 10.1. The van der Waals surface area contributed by atoms with E-state index in [9.17, 15) is 18.0 Å². The van der Waals surface area contributed by atoms with Gasteiger partial charge < -0.3 is 11.1 Å². The molecule has 0 saturated carbocycles. The predicted molar refractivity (Wildman–Crippen MR) is 93.4 cm³/mol. The van der Waals surface area contributed by atoms with Gasteiger partial charge in [-0.2, -0.15) is 13.2 Å². The quantitative estimate of drug-likeness (QED) is 0.806. The van der Waals surface area contributed by atoms with E-state index in [1.54, 1.807) is 12.1 Å². The molecule has 0 heterocycles. The molecule has 0 fully saturated rings. The van der Waals surface area contributed by atoms with Gasteiger partial charge in [0.05, 0.1) is 6.04 Å². The number of rotatable bonds is 1. The second-order valence-electron chi connectivity index (χ2n) is 6.61. The molecule has 2 aromatic rings. The molecule has 2 atom stereocenters. The summed E-state index contributed by atoms with van der Waals surface area (Å²) in [5, 5.41) is 2.01. The molecule has 0 radical (unpaired) electrons. The predicted octanol–water partition coefficient (Wildman–Crippen LogP) is 3.99. The van der Waals surface area contributed by atoms with Crippen molar-refractivity contribution in [3.05, 3.63) is 70.8 Å². The largest absolute Gasteiger partial charge is 0.471 e. The third kappa shape index (κ3) is 4.07. The SMILES string of the molecule is N[C@@H]1CCc2ccccc21.O=C(N[C@@H]1CCc2ccccc21)C(F)(F)F. The number of alkyl halides is 3. The maximum Gasteiger partial charge on any atom is 0.471 e. The van der Waals surface area contributed by atoms with Crippen molar-refractivity contribution in [3.8, 4) is 0 Å². The third-order valence-corrected chi connectivity index (χ3v) is 4.87. The summed E-state index contributed by atoms with van der Waals surface area (Å²) in [5.74, 6) is -1.87. The van der Waals surface area contributed by atoms with Gasteiger partial charge in [0.1, 0.15) is 0 Å². The Kier molecular flexibility index (Phi) is 5.32. The van der Waals surface area contributed by atoms with Crippen LogP contribution in [0.4, 0.5) is 13.2 Å². The van der Waals surface area contributed by atoms with Crippen molar-refractivity contribution in [3.63, 3.8) is 0 Å². The standard InChI is InChI=1S/C11H10F3NO.C9H11N/c12-11(13,14)10(16)15-9-6-5-7-3-1-2-4-8(7)9;10-9-6-5-7-3-1-2-4-8(7)9/h1-4,9H,5-6H2,(H,15,16);1-4,9H,5-6,10H2/t2*9-/m11/s1. The molecule has 2 aliphatic carbocycles. The highest BCUT2D eigenvalue weighted by molar-refractivity contribution is 5.82. The van der Waals surface area contributed by atoms with E-state index in [4.69, 9.17) is 5.73 Å². The third-order valence-electron chi connectivity index (χ3n) is 4.87. The van der Waals surface area contributed by atoms with Gasteiger partial charge >= 0.3 is 12.1 Å². The Hall–Kier alpha value is -2.34. The number of halogens is 3. The van der Waals surface area contributed by atoms with Crippen LogP contribution in [0.3, 0.4) is 0 Å². The van der Waals surface area contributed by atoms with Crippen LogP contribution in [0, 0.1) is 0 Å². The summed E-state index contributed by atoms with van der Waals surface area (Å²) in [7, 11) is 0. The minimum atomic E-state index is -4.81. The number of benzene rings is 2. The van der Waals surface area contributed by atoms with Gasteiger partial charge in [0.15, 0.2) is 0 Å². The highest BCUT2D eigenvalue weighted by atomic mass is 19.4. The molecule has 0 spiro atoms. The number of nitrogens with two attached hydrogens (primary N) is 1. The minimum Gasteiger partial charge on any atom is -0.341 e. The molecule has 138 valence electrons. The number of nitrogens with one attached hydrogen (secondary N) is 1. The summed E-state index contributed by atoms with van der Waals surface area (Å²) in [5.41, 5.74) is 10.4. The highest BCUT2D eigenvalue weighted by Gasteiger charge is 2.40. The average Bonchev–Trinajstić information content (AvgIpc) is 3.20. The molecular formula is C20H21F3N2O. The van der Waals surface area contributed by atoms with Crippen LogP contribution in [-0.4, -0.2) is 12.1 Å². The molecule has 2 aromatic carbocycles. The molecule has 6 heteroatoms. The first kappa shape index (κ1) is 18.5. The van der Waals surface area contributed by atoms with E-state index in [1.165, 1.54) is 11.1 Å². The van der Waals surface area contributed by atoms with Crippen molar-refractivity contribution < 1.29 is 18.0 Å². The second-order valence-corrected chi connectivity index (χ2v) is 6.61. The fourth-order valence-electron chi connectivity index (χ4n) is 3.54. The Balaban J connectivity index is 0.000000167. The van der Waals surface area contributed by atoms with Crippen LogP contribution in [0.15, 0.2) is 48.5 Å². The van der Waals surface area contributed by atoms with Gasteiger partial charge in [0, 0.05) is 6.04 Å². The average molecular weight is 362 g/mol. The number of fused-ring (bicyclic) bond motifs is 2. The van der Waals surface area contributed by atoms with Crippen LogP contribution in [0.5, 0.6) is 0 Å². The van der Waals surface area contributed by atoms with Gasteiger partial charge in [-0.05, 0) is 47.9 Å². The van der Waals surface area contributed by atoms with Crippen LogP contribution in [-0.2, 0) is 17.6 Å². The Labute approximate surface area is 150 Å². The normalized spacial score (nSPS) is 20.6. The van der Waals surface area contributed by atoms with E-state index in [2.05, 4.69) is 24.3 Å². The molecule has 2 aliphatic rings. The summed E-state index contributed by atoms with van der Waals surface area (Å²) < 4.78 is 36.2. The van der Waals surface area contributed by atoms with E-state index in [0.717, 1.165) is 24.0 Å². The monoisotopic (exact) mass is 362 g/mol. The first-order chi connectivity index (χ1) is 12.4. The Bertz CT molecular complexity index is 789. The molecule has 0 saturated heterocycles. The number of carbonyl (C=O) groups excluding carboxylic acids is 1. The first-order valence-electron chi connectivity index (χ1n) is 8.65. The first-order valence-corrected chi connectivity index (χ1v) is 8.65. The van der Waals surface area contributed by atoms with Crippen molar-refractivity contribution in [1.82, 2.24) is 5.32 Å². The Morgan fingerprint density at radius 3 is 2.08 bits per heavy atom. The van der Waals surface area contributed by atoms with Gasteiger partial charge in [-0.25, -0.2) is 0 Å². The second kappa shape index (κ2) is 7.50. The maximum atomic E-state index is 12.1. The Morgan fingerprint density at radius 2 is 1.46 bits per heavy atom. The number of carbonyl (C=O) groups is 1. The zero-order chi connectivity index (χ0) is 18.7.